The first-order valence-electron chi connectivity index (χ1n) is 1.00. The van der Waals surface area contributed by atoms with Crippen LogP contribution in [0, 0.1) is 0 Å². The second-order valence-corrected chi connectivity index (χ2v) is 3.01. The van der Waals surface area contributed by atoms with E-state index in [4.69, 9.17) is 14.7 Å². The van der Waals surface area contributed by atoms with Crippen LogP contribution < -0.4 is 0 Å². The van der Waals surface area contributed by atoms with Crippen LogP contribution in [0.4, 0.5) is 0 Å². The van der Waals surface area contributed by atoms with Gasteiger partial charge in [-0.3, -0.25) is 0 Å². The zero-order chi connectivity index (χ0) is 6.50. The van der Waals surface area contributed by atoms with E-state index in [1.165, 1.54) is 0 Å². The topological polar surface area (TPSA) is 60.7 Å². The molecule has 0 rings (SSSR count). The lowest BCUT2D eigenvalue weighted by Gasteiger charge is -1.88. The Bertz CT molecular complexity index is 59.1. The maximum absolute atomic E-state index is 7.56. The predicted octanol–water partition coefficient (Wildman–Crippen LogP) is 0.203. The molecule has 1 atom stereocenters. The van der Waals surface area contributed by atoms with Crippen LogP contribution in [0.5, 0.6) is 0 Å². The number of hydrogen-bond acceptors (Lipinski definition) is 1. The number of rotatable bonds is 0. The maximum atomic E-state index is 7.56. The zero-order valence-corrected chi connectivity index (χ0v) is 6.77. The molecular weight excluding hydrogens is 177 g/mol. The average molecular weight is 183 g/mol. The SMILES string of the molecule is OP(O)(O)=S.PCl. The van der Waals surface area contributed by atoms with Crippen LogP contribution in [-0.2, 0) is 11.8 Å². The Balaban J connectivity index is 0. The lowest BCUT2D eigenvalue weighted by molar-refractivity contribution is 0.363. The standard InChI is InChI=1S/ClH2P.H3O3PS/c1-2;1-4(2,3)5/h2H2;(H3,1,2,3,5). The van der Waals surface area contributed by atoms with E-state index < -0.39 is 6.72 Å². The molecule has 1 unspecified atom stereocenters. The molecule has 7 heteroatoms. The van der Waals surface area contributed by atoms with Crippen molar-refractivity contribution >= 4 is 38.4 Å². The van der Waals surface area contributed by atoms with E-state index in [1.54, 1.807) is 0 Å². The van der Waals surface area contributed by atoms with Crippen molar-refractivity contribution in [2.45, 2.75) is 0 Å². The van der Waals surface area contributed by atoms with Gasteiger partial charge in [0.25, 0.3) is 0 Å². The quantitative estimate of drug-likeness (QED) is 0.469. The highest BCUT2D eigenvalue weighted by Gasteiger charge is 1.92. The molecule has 0 aliphatic rings. The molecule has 0 bridgehead atoms. The fourth-order valence-electron chi connectivity index (χ4n) is 0. The first-order chi connectivity index (χ1) is 3.00. The van der Waals surface area contributed by atoms with Crippen molar-refractivity contribution in [3.05, 3.63) is 0 Å². The Morgan fingerprint density at radius 1 is 1.29 bits per heavy atom. The lowest BCUT2D eigenvalue weighted by atomic mass is 15.8. The number of halogens is 1. The molecule has 0 aromatic rings. The van der Waals surface area contributed by atoms with Gasteiger partial charge in [0.1, 0.15) is 0 Å². The van der Waals surface area contributed by atoms with Crippen LogP contribution in [0.15, 0.2) is 0 Å². The monoisotopic (exact) mass is 182 g/mol. The van der Waals surface area contributed by atoms with Gasteiger partial charge in [0.2, 0.25) is 0 Å². The molecule has 0 fully saturated rings. The van der Waals surface area contributed by atoms with Crippen molar-refractivity contribution in [2.75, 3.05) is 0 Å². The molecule has 0 radical (unpaired) electrons. The fraction of sp³-hybridized carbons (Fsp3) is 0. The summed E-state index contributed by atoms with van der Waals surface area (Å²) in [7, 11) is 1.89. The van der Waals surface area contributed by atoms with Crippen LogP contribution in [0.1, 0.15) is 0 Å². The van der Waals surface area contributed by atoms with E-state index in [9.17, 15) is 0 Å². The minimum absolute atomic E-state index is 1.89. The van der Waals surface area contributed by atoms with Crippen molar-refractivity contribution < 1.29 is 14.7 Å². The highest BCUT2D eigenvalue weighted by Crippen LogP contribution is 2.26. The van der Waals surface area contributed by atoms with Gasteiger partial charge in [-0.05, 0) is 20.4 Å². The zero-order valence-electron chi connectivity index (χ0n) is 3.15. The van der Waals surface area contributed by atoms with E-state index in [-0.39, 0.29) is 0 Å². The van der Waals surface area contributed by atoms with Gasteiger partial charge in [0, 0.05) is 0 Å². The summed E-state index contributed by atoms with van der Waals surface area (Å²) < 4.78 is 0. The molecular formula is H5ClO3P2S. The summed E-state index contributed by atoms with van der Waals surface area (Å²) in [6.45, 7) is -3.81. The molecule has 0 aromatic heterocycles. The van der Waals surface area contributed by atoms with Gasteiger partial charge in [0.05, 0.1) is 0 Å². The highest BCUT2D eigenvalue weighted by atomic mass is 35.7. The Kier molecular flexibility index (Phi) is 8.54. The Morgan fingerprint density at radius 3 is 1.29 bits per heavy atom. The van der Waals surface area contributed by atoms with Crippen molar-refractivity contribution in [2.24, 2.45) is 0 Å². The van der Waals surface area contributed by atoms with Gasteiger partial charge >= 0.3 is 6.72 Å². The van der Waals surface area contributed by atoms with Crippen LogP contribution in [0.25, 0.3) is 0 Å². The van der Waals surface area contributed by atoms with Crippen LogP contribution >= 0.6 is 26.6 Å². The summed E-state index contributed by atoms with van der Waals surface area (Å²) in [5.74, 6) is 0. The molecule has 0 amide bonds. The van der Waals surface area contributed by atoms with Gasteiger partial charge in [-0.2, -0.15) is 0 Å². The second kappa shape index (κ2) is 5.39. The Hall–Kier alpha value is 1.25. The molecule has 0 aliphatic heterocycles. The van der Waals surface area contributed by atoms with E-state index in [0.717, 1.165) is 0 Å². The molecule has 7 heavy (non-hydrogen) atoms. The minimum Gasteiger partial charge on any atom is -0.325 e. The summed E-state index contributed by atoms with van der Waals surface area (Å²) in [5, 5.41) is 0. The van der Waals surface area contributed by atoms with Crippen LogP contribution in [0.3, 0.4) is 0 Å². The van der Waals surface area contributed by atoms with Crippen LogP contribution in [0.2, 0.25) is 0 Å². The lowest BCUT2D eigenvalue weighted by Crippen LogP contribution is -1.65. The minimum atomic E-state index is -3.81. The van der Waals surface area contributed by atoms with Crippen molar-refractivity contribution in [3.63, 3.8) is 0 Å². The predicted molar refractivity (Wildman–Crippen MR) is 36.5 cm³/mol. The van der Waals surface area contributed by atoms with E-state index in [0.29, 0.717) is 0 Å². The van der Waals surface area contributed by atoms with E-state index in [2.05, 4.69) is 23.0 Å². The molecule has 0 aromatic carbocycles. The summed E-state index contributed by atoms with van der Waals surface area (Å²) in [6, 6.07) is 0. The summed E-state index contributed by atoms with van der Waals surface area (Å²) in [6.07, 6.45) is 0. The summed E-state index contributed by atoms with van der Waals surface area (Å²) in [5.41, 5.74) is 0. The largest absolute Gasteiger partial charge is 0.325 e. The smallest absolute Gasteiger partial charge is 0.319 e. The molecule has 3 N–H and O–H groups in total. The van der Waals surface area contributed by atoms with Crippen molar-refractivity contribution in [1.29, 1.82) is 0 Å². The normalized spacial score (nSPS) is 9.29. The molecule has 3 nitrogen and oxygen atoms in total. The average Bonchev–Trinajstić information content (AvgIpc) is 1.36. The van der Waals surface area contributed by atoms with Crippen LogP contribution in [-0.4, -0.2) is 14.7 Å². The first-order valence-corrected chi connectivity index (χ1v) is 5.41. The molecule has 46 valence electrons. The first kappa shape index (κ1) is 11.1. The summed E-state index contributed by atoms with van der Waals surface area (Å²) in [4.78, 5) is 22.7. The fourth-order valence-corrected chi connectivity index (χ4v) is 0. The summed E-state index contributed by atoms with van der Waals surface area (Å²) >= 11 is 8.16. The van der Waals surface area contributed by atoms with Gasteiger partial charge in [-0.15, -0.1) is 11.2 Å². The van der Waals surface area contributed by atoms with Gasteiger partial charge in [-0.1, -0.05) is 0 Å². The third-order valence-corrected chi connectivity index (χ3v) is 0. The third-order valence-electron chi connectivity index (χ3n) is 0. The molecule has 0 saturated heterocycles. The molecule has 0 saturated carbocycles. The van der Waals surface area contributed by atoms with Gasteiger partial charge in [-0.25, -0.2) is 0 Å². The van der Waals surface area contributed by atoms with Gasteiger partial charge < -0.3 is 14.7 Å². The van der Waals surface area contributed by atoms with Gasteiger partial charge in [0.15, 0.2) is 0 Å². The third kappa shape index (κ3) is 128. The highest BCUT2D eigenvalue weighted by molar-refractivity contribution is 8.06. The van der Waals surface area contributed by atoms with Crippen molar-refractivity contribution in [1.82, 2.24) is 0 Å². The number of hydrogen-bond donors (Lipinski definition) is 3. The Morgan fingerprint density at radius 2 is 1.29 bits per heavy atom. The van der Waals surface area contributed by atoms with E-state index in [1.807, 2.05) is 8.59 Å². The molecule has 0 aliphatic carbocycles. The van der Waals surface area contributed by atoms with E-state index >= 15 is 0 Å². The maximum Gasteiger partial charge on any atom is 0.319 e. The Labute approximate surface area is 53.6 Å². The van der Waals surface area contributed by atoms with Crippen molar-refractivity contribution in [3.8, 4) is 0 Å². The molecule has 0 spiro atoms. The second-order valence-electron chi connectivity index (χ2n) is 0.513. The molecule has 0 heterocycles.